The third-order valence-corrected chi connectivity index (χ3v) is 5.80. The number of hydrogen-bond donors (Lipinski definition) is 2. The Morgan fingerprint density at radius 3 is 2.86 bits per heavy atom. The number of fused-ring (bicyclic) bond motifs is 1. The van der Waals surface area contributed by atoms with Crippen molar-refractivity contribution in [1.82, 2.24) is 15.2 Å². The number of aliphatic imine (C=N–C) groups is 1. The molecule has 8 heteroatoms. The second kappa shape index (κ2) is 10.8. The van der Waals surface area contributed by atoms with Gasteiger partial charge in [-0.05, 0) is 38.7 Å². The second-order valence-electron chi connectivity index (χ2n) is 6.68. The molecule has 1 heterocycles. The molecule has 0 unspecified atom stereocenters. The monoisotopic (exact) mass is 516 g/mol. The molecule has 2 aromatic rings. The van der Waals surface area contributed by atoms with Gasteiger partial charge in [0.05, 0.1) is 25.9 Å². The second-order valence-corrected chi connectivity index (χ2v) is 7.85. The minimum absolute atomic E-state index is 0. The standard InChI is InChI=1S/C20H28N4O2S.HI/c1-4-21-20(22-12-14-8-7-10-16(26-3)19(14)25)24(2)13-18-23-15-9-5-6-11-17(15)27-18;/h7-8,10,25H,4-6,9,11-13H2,1-3H3,(H,21,22);1H. The number of rotatable bonds is 6. The Morgan fingerprint density at radius 1 is 1.36 bits per heavy atom. The highest BCUT2D eigenvalue weighted by molar-refractivity contribution is 14.0. The number of aryl methyl sites for hydroxylation is 2. The lowest BCUT2D eigenvalue weighted by Crippen LogP contribution is -2.38. The molecule has 1 aliphatic carbocycles. The fraction of sp³-hybridized carbons (Fsp3) is 0.500. The Bertz CT molecular complexity index is 786. The molecular weight excluding hydrogens is 487 g/mol. The fourth-order valence-electron chi connectivity index (χ4n) is 3.24. The zero-order valence-corrected chi connectivity index (χ0v) is 19.8. The highest BCUT2D eigenvalue weighted by Crippen LogP contribution is 2.30. The van der Waals surface area contributed by atoms with E-state index < -0.39 is 0 Å². The number of nitrogens with zero attached hydrogens (tertiary/aromatic N) is 3. The lowest BCUT2D eigenvalue weighted by Gasteiger charge is -2.21. The molecule has 0 fully saturated rings. The summed E-state index contributed by atoms with van der Waals surface area (Å²) in [5.41, 5.74) is 2.03. The Hall–Kier alpha value is -1.55. The fourth-order valence-corrected chi connectivity index (χ4v) is 4.45. The Kier molecular flexibility index (Phi) is 8.81. The first-order valence-corrected chi connectivity index (χ1v) is 10.3. The summed E-state index contributed by atoms with van der Waals surface area (Å²) in [4.78, 5) is 13.1. The molecule has 2 N–H and O–H groups in total. The number of methoxy groups -OCH3 is 1. The van der Waals surface area contributed by atoms with Gasteiger partial charge in [0.2, 0.25) is 0 Å². The number of aromatic nitrogens is 1. The number of guanidine groups is 1. The van der Waals surface area contributed by atoms with Gasteiger partial charge in [0.25, 0.3) is 0 Å². The number of para-hydroxylation sites is 1. The van der Waals surface area contributed by atoms with Crippen molar-refractivity contribution in [2.75, 3.05) is 20.7 Å². The first-order valence-electron chi connectivity index (χ1n) is 9.44. The summed E-state index contributed by atoms with van der Waals surface area (Å²) in [5.74, 6) is 1.41. The summed E-state index contributed by atoms with van der Waals surface area (Å²) < 4.78 is 5.17. The largest absolute Gasteiger partial charge is 0.504 e. The summed E-state index contributed by atoms with van der Waals surface area (Å²) in [6.45, 7) is 3.94. The van der Waals surface area contributed by atoms with Gasteiger partial charge in [0.15, 0.2) is 17.5 Å². The van der Waals surface area contributed by atoms with Gasteiger partial charge in [0.1, 0.15) is 5.01 Å². The van der Waals surface area contributed by atoms with Crippen LogP contribution in [0.15, 0.2) is 23.2 Å². The van der Waals surface area contributed by atoms with Crippen molar-refractivity contribution in [2.45, 2.75) is 45.7 Å². The Balaban J connectivity index is 0.00000280. The normalized spacial score (nSPS) is 13.5. The van der Waals surface area contributed by atoms with Crippen molar-refractivity contribution >= 4 is 41.3 Å². The summed E-state index contributed by atoms with van der Waals surface area (Å²) >= 11 is 1.83. The van der Waals surface area contributed by atoms with Gasteiger partial charge < -0.3 is 20.1 Å². The van der Waals surface area contributed by atoms with Crippen LogP contribution in [0.4, 0.5) is 0 Å². The quantitative estimate of drug-likeness (QED) is 0.346. The van der Waals surface area contributed by atoms with Gasteiger partial charge >= 0.3 is 0 Å². The molecule has 1 aromatic carbocycles. The minimum Gasteiger partial charge on any atom is -0.504 e. The smallest absolute Gasteiger partial charge is 0.194 e. The van der Waals surface area contributed by atoms with Crippen LogP contribution in [-0.2, 0) is 25.9 Å². The molecule has 0 amide bonds. The number of hydrogen-bond acceptors (Lipinski definition) is 5. The van der Waals surface area contributed by atoms with Crippen LogP contribution in [0.25, 0.3) is 0 Å². The maximum atomic E-state index is 10.3. The van der Waals surface area contributed by atoms with Crippen LogP contribution >= 0.6 is 35.3 Å². The van der Waals surface area contributed by atoms with Gasteiger partial charge in [0, 0.05) is 24.0 Å². The first-order chi connectivity index (χ1) is 13.1. The molecule has 0 saturated carbocycles. The summed E-state index contributed by atoms with van der Waals surface area (Å²) in [7, 11) is 3.57. The molecule has 3 rings (SSSR count). The van der Waals surface area contributed by atoms with Gasteiger partial charge in [-0.1, -0.05) is 12.1 Å². The van der Waals surface area contributed by atoms with E-state index in [1.54, 1.807) is 13.2 Å². The summed E-state index contributed by atoms with van der Waals surface area (Å²) in [6, 6.07) is 5.46. The minimum atomic E-state index is 0. The molecule has 6 nitrogen and oxygen atoms in total. The van der Waals surface area contributed by atoms with E-state index in [9.17, 15) is 5.11 Å². The van der Waals surface area contributed by atoms with E-state index in [0.717, 1.165) is 36.0 Å². The predicted molar refractivity (Wildman–Crippen MR) is 125 cm³/mol. The van der Waals surface area contributed by atoms with E-state index in [1.165, 1.54) is 29.8 Å². The van der Waals surface area contributed by atoms with E-state index in [0.29, 0.717) is 12.3 Å². The maximum Gasteiger partial charge on any atom is 0.194 e. The maximum absolute atomic E-state index is 10.3. The number of ether oxygens (including phenoxy) is 1. The van der Waals surface area contributed by atoms with Crippen molar-refractivity contribution in [3.8, 4) is 11.5 Å². The van der Waals surface area contributed by atoms with Crippen molar-refractivity contribution in [3.63, 3.8) is 0 Å². The van der Waals surface area contributed by atoms with E-state index in [1.807, 2.05) is 30.5 Å². The lowest BCUT2D eigenvalue weighted by molar-refractivity contribution is 0.370. The van der Waals surface area contributed by atoms with E-state index in [4.69, 9.17) is 14.7 Å². The first kappa shape index (κ1) is 22.7. The zero-order valence-electron chi connectivity index (χ0n) is 16.7. The van der Waals surface area contributed by atoms with Crippen LogP contribution in [0, 0.1) is 0 Å². The van der Waals surface area contributed by atoms with Crippen molar-refractivity contribution in [2.24, 2.45) is 4.99 Å². The molecule has 0 radical (unpaired) electrons. The molecule has 0 saturated heterocycles. The molecular formula is C20H29IN4O2S. The van der Waals surface area contributed by atoms with Crippen LogP contribution in [-0.4, -0.2) is 41.7 Å². The number of benzene rings is 1. The van der Waals surface area contributed by atoms with Crippen LogP contribution in [0.5, 0.6) is 11.5 Å². The van der Waals surface area contributed by atoms with Crippen LogP contribution in [0.3, 0.4) is 0 Å². The molecule has 154 valence electrons. The van der Waals surface area contributed by atoms with Gasteiger partial charge in [-0.25, -0.2) is 9.98 Å². The molecule has 0 bridgehead atoms. The molecule has 1 aliphatic rings. The van der Waals surface area contributed by atoms with E-state index in [-0.39, 0.29) is 29.7 Å². The summed E-state index contributed by atoms with van der Waals surface area (Å²) in [6.07, 6.45) is 4.80. The molecule has 28 heavy (non-hydrogen) atoms. The topological polar surface area (TPSA) is 70.0 Å². The van der Waals surface area contributed by atoms with Crippen molar-refractivity contribution in [3.05, 3.63) is 39.3 Å². The highest BCUT2D eigenvalue weighted by atomic mass is 127. The Labute approximate surface area is 188 Å². The number of nitrogens with one attached hydrogen (secondary N) is 1. The summed E-state index contributed by atoms with van der Waals surface area (Å²) in [5, 5.41) is 14.7. The van der Waals surface area contributed by atoms with Gasteiger partial charge in [-0.15, -0.1) is 35.3 Å². The number of halogens is 1. The third kappa shape index (κ3) is 5.50. The number of thiazole rings is 1. The van der Waals surface area contributed by atoms with Crippen molar-refractivity contribution in [1.29, 1.82) is 0 Å². The van der Waals surface area contributed by atoms with Gasteiger partial charge in [-0.3, -0.25) is 0 Å². The predicted octanol–water partition coefficient (Wildman–Crippen LogP) is 3.95. The lowest BCUT2D eigenvalue weighted by atomic mass is 10.0. The molecule has 0 spiro atoms. The Morgan fingerprint density at radius 2 is 2.14 bits per heavy atom. The number of phenolic OH excluding ortho intramolecular Hbond substituents is 1. The third-order valence-electron chi connectivity index (χ3n) is 4.66. The average Bonchev–Trinajstić information content (AvgIpc) is 3.08. The molecule has 1 aromatic heterocycles. The van der Waals surface area contributed by atoms with Crippen molar-refractivity contribution < 1.29 is 9.84 Å². The average molecular weight is 516 g/mol. The number of phenols is 1. The molecule has 0 atom stereocenters. The highest BCUT2D eigenvalue weighted by Gasteiger charge is 2.17. The van der Waals surface area contributed by atoms with Gasteiger partial charge in [-0.2, -0.15) is 0 Å². The zero-order chi connectivity index (χ0) is 19.2. The number of aromatic hydroxyl groups is 1. The van der Waals surface area contributed by atoms with Crippen LogP contribution in [0.2, 0.25) is 0 Å². The van der Waals surface area contributed by atoms with Crippen LogP contribution in [0.1, 0.15) is 40.9 Å². The van der Waals surface area contributed by atoms with E-state index in [2.05, 4.69) is 17.1 Å². The molecule has 0 aliphatic heterocycles. The van der Waals surface area contributed by atoms with Crippen LogP contribution < -0.4 is 10.1 Å². The SMILES string of the molecule is CCNC(=NCc1cccc(OC)c1O)N(C)Cc1nc2c(s1)CCCC2.I. The van der Waals surface area contributed by atoms with E-state index >= 15 is 0 Å².